The Balaban J connectivity index is 1.68. The molecule has 0 saturated carbocycles. The van der Waals surface area contributed by atoms with Gasteiger partial charge in [0.1, 0.15) is 5.69 Å². The van der Waals surface area contributed by atoms with Crippen molar-refractivity contribution in [1.29, 1.82) is 0 Å². The molecule has 1 heterocycles. The van der Waals surface area contributed by atoms with Crippen LogP contribution in [0.1, 0.15) is 18.0 Å². The van der Waals surface area contributed by atoms with Crippen LogP contribution in [-0.2, 0) is 0 Å². The summed E-state index contributed by atoms with van der Waals surface area (Å²) in [7, 11) is -1.78. The van der Waals surface area contributed by atoms with Crippen molar-refractivity contribution < 1.29 is 17.9 Å². The molecule has 3 aromatic carbocycles. The smallest absolute Gasteiger partial charge is 0.184 e. The molecule has 0 radical (unpaired) electrons. The van der Waals surface area contributed by atoms with E-state index in [-0.39, 0.29) is 11.7 Å². The molecule has 1 atom stereocenters. The maximum absolute atomic E-state index is 14.6. The van der Waals surface area contributed by atoms with Crippen LogP contribution in [0.3, 0.4) is 0 Å². The molecule has 0 bridgehead atoms. The zero-order chi connectivity index (χ0) is 21.3. The van der Waals surface area contributed by atoms with Gasteiger partial charge in [-0.05, 0) is 54.3 Å². The monoisotopic (exact) mass is 431 g/mol. The third-order valence-corrected chi connectivity index (χ3v) is 7.09. The van der Waals surface area contributed by atoms with Crippen LogP contribution >= 0.6 is 11.0 Å². The van der Waals surface area contributed by atoms with Crippen LogP contribution in [0.25, 0.3) is 0 Å². The van der Waals surface area contributed by atoms with E-state index in [4.69, 9.17) is 0 Å². The number of hydrogen-bond acceptors (Lipinski definition) is 5. The topological polar surface area (TPSA) is 59.0 Å². The molecule has 30 heavy (non-hydrogen) atoms. The van der Waals surface area contributed by atoms with Crippen LogP contribution in [0.15, 0.2) is 72.8 Å². The highest BCUT2D eigenvalue weighted by molar-refractivity contribution is 8.27. The number of fused-ring (bicyclic) bond motifs is 1. The Morgan fingerprint density at radius 3 is 2.20 bits per heavy atom. The third kappa shape index (κ3) is 3.52. The second-order valence-corrected chi connectivity index (χ2v) is 8.77. The molecular formula is C22H23F2N3O2S. The predicted octanol–water partition coefficient (Wildman–Crippen LogP) is 5.85. The summed E-state index contributed by atoms with van der Waals surface area (Å²) in [6.45, 7) is 0.299. The van der Waals surface area contributed by atoms with Gasteiger partial charge >= 0.3 is 0 Å². The van der Waals surface area contributed by atoms with Gasteiger partial charge in [-0.1, -0.05) is 48.5 Å². The second-order valence-electron chi connectivity index (χ2n) is 6.99. The molecule has 5 nitrogen and oxygen atoms in total. The maximum atomic E-state index is 14.6. The fraction of sp³-hybridized carbons (Fsp3) is 0.182. The van der Waals surface area contributed by atoms with Gasteiger partial charge in [0.05, 0.1) is 11.4 Å². The SMILES string of the molecule is CNC(CCN1c2ccccc2N(c2cccc(F)c2F)S1(O)O)c1ccccc1. The summed E-state index contributed by atoms with van der Waals surface area (Å²) < 4.78 is 53.3. The van der Waals surface area contributed by atoms with Crippen LogP contribution in [0, 0.1) is 11.6 Å². The first-order valence-corrected chi connectivity index (χ1v) is 11.0. The summed E-state index contributed by atoms with van der Waals surface area (Å²) >= 11 is 0. The average molecular weight is 432 g/mol. The Hall–Kier alpha value is -2.65. The van der Waals surface area contributed by atoms with E-state index in [2.05, 4.69) is 5.32 Å². The van der Waals surface area contributed by atoms with Gasteiger partial charge in [-0.2, -0.15) is 0 Å². The lowest BCUT2D eigenvalue weighted by atomic mass is 10.0. The maximum Gasteiger partial charge on any atom is 0.184 e. The highest BCUT2D eigenvalue weighted by Gasteiger charge is 2.42. The Kier molecular flexibility index (Phi) is 5.66. The zero-order valence-electron chi connectivity index (χ0n) is 16.4. The summed E-state index contributed by atoms with van der Waals surface area (Å²) in [6, 6.07) is 20.5. The van der Waals surface area contributed by atoms with Crippen molar-refractivity contribution in [2.24, 2.45) is 0 Å². The first-order chi connectivity index (χ1) is 14.4. The standard InChI is InChI=1S/C22H23F2N3O2S/c1-25-18(16-8-3-2-4-9-16)14-15-26-19-11-5-6-12-20(19)27(30(26,28)29)21-13-7-10-17(23)22(21)24/h2-13,18,25,28-29H,14-15H2,1H3. The third-order valence-electron chi connectivity index (χ3n) is 5.23. The largest absolute Gasteiger partial charge is 0.313 e. The van der Waals surface area contributed by atoms with Gasteiger partial charge < -0.3 is 5.32 Å². The molecule has 0 amide bonds. The zero-order valence-corrected chi connectivity index (χ0v) is 17.2. The Morgan fingerprint density at radius 1 is 0.867 bits per heavy atom. The Bertz CT molecular complexity index is 1040. The molecular weight excluding hydrogens is 408 g/mol. The number of para-hydroxylation sites is 2. The van der Waals surface area contributed by atoms with Gasteiger partial charge in [0.15, 0.2) is 11.6 Å². The predicted molar refractivity (Wildman–Crippen MR) is 118 cm³/mol. The number of nitrogens with one attached hydrogen (secondary N) is 1. The Morgan fingerprint density at radius 2 is 1.50 bits per heavy atom. The molecule has 0 fully saturated rings. The normalized spacial score (nSPS) is 17.0. The minimum absolute atomic E-state index is 0.00600. The molecule has 3 aromatic rings. The van der Waals surface area contributed by atoms with Crippen molar-refractivity contribution in [2.75, 3.05) is 22.2 Å². The van der Waals surface area contributed by atoms with E-state index in [9.17, 15) is 17.9 Å². The van der Waals surface area contributed by atoms with Crippen LogP contribution < -0.4 is 13.9 Å². The van der Waals surface area contributed by atoms with Crippen molar-refractivity contribution >= 4 is 28.0 Å². The number of benzene rings is 3. The van der Waals surface area contributed by atoms with Gasteiger partial charge in [0.25, 0.3) is 0 Å². The second kappa shape index (κ2) is 8.23. The summed E-state index contributed by atoms with van der Waals surface area (Å²) in [5, 5.41) is 3.25. The van der Waals surface area contributed by atoms with Crippen LogP contribution in [-0.4, -0.2) is 22.7 Å². The van der Waals surface area contributed by atoms with Crippen molar-refractivity contribution in [3.05, 3.63) is 90.0 Å². The minimum Gasteiger partial charge on any atom is -0.313 e. The van der Waals surface area contributed by atoms with Gasteiger partial charge in [0.2, 0.25) is 0 Å². The average Bonchev–Trinajstić information content (AvgIpc) is 2.97. The molecule has 1 unspecified atom stereocenters. The molecule has 0 saturated heterocycles. The van der Waals surface area contributed by atoms with Crippen molar-refractivity contribution in [2.45, 2.75) is 12.5 Å². The first-order valence-electron chi connectivity index (χ1n) is 9.56. The number of hydrogen-bond donors (Lipinski definition) is 3. The molecule has 0 spiro atoms. The number of nitrogens with zero attached hydrogens (tertiary/aromatic N) is 2. The molecule has 8 heteroatoms. The highest BCUT2D eigenvalue weighted by atomic mass is 32.3. The molecule has 0 aliphatic carbocycles. The van der Waals surface area contributed by atoms with E-state index in [1.807, 2.05) is 37.4 Å². The molecule has 0 aromatic heterocycles. The molecule has 4 rings (SSSR count). The van der Waals surface area contributed by atoms with Crippen LogP contribution in [0.2, 0.25) is 0 Å². The summed E-state index contributed by atoms with van der Waals surface area (Å²) in [4.78, 5) is 0. The van der Waals surface area contributed by atoms with Gasteiger partial charge in [-0.15, -0.1) is 0 Å². The molecule has 158 valence electrons. The summed E-state index contributed by atoms with van der Waals surface area (Å²) in [5.41, 5.74) is 1.85. The number of anilines is 3. The van der Waals surface area contributed by atoms with E-state index in [0.29, 0.717) is 24.3 Å². The summed E-state index contributed by atoms with van der Waals surface area (Å²) in [5.74, 6) is -2.16. The van der Waals surface area contributed by atoms with Crippen LogP contribution in [0.5, 0.6) is 0 Å². The number of halogens is 2. The van der Waals surface area contributed by atoms with Gasteiger partial charge in [-0.3, -0.25) is 13.4 Å². The van der Waals surface area contributed by atoms with Gasteiger partial charge in [0, 0.05) is 12.6 Å². The van der Waals surface area contributed by atoms with E-state index in [1.54, 1.807) is 24.3 Å². The van der Waals surface area contributed by atoms with Gasteiger partial charge in [-0.25, -0.2) is 13.1 Å². The highest BCUT2D eigenvalue weighted by Crippen LogP contribution is 2.64. The van der Waals surface area contributed by atoms with Crippen LogP contribution in [0.4, 0.5) is 25.8 Å². The van der Waals surface area contributed by atoms with Crippen molar-refractivity contribution in [1.82, 2.24) is 5.32 Å². The Labute approximate surface area is 176 Å². The molecule has 1 aliphatic heterocycles. The lowest BCUT2D eigenvalue weighted by Crippen LogP contribution is -2.34. The van der Waals surface area contributed by atoms with E-state index >= 15 is 0 Å². The molecule has 1 aliphatic rings. The van der Waals surface area contributed by atoms with Crippen molar-refractivity contribution in [3.8, 4) is 0 Å². The minimum atomic E-state index is -3.63. The lowest BCUT2D eigenvalue weighted by Gasteiger charge is -2.44. The number of rotatable bonds is 6. The molecule has 3 N–H and O–H groups in total. The summed E-state index contributed by atoms with van der Waals surface area (Å²) in [6.07, 6.45) is 0.574. The lowest BCUT2D eigenvalue weighted by molar-refractivity contribution is 0.475. The van der Waals surface area contributed by atoms with E-state index in [1.165, 1.54) is 16.4 Å². The van der Waals surface area contributed by atoms with Crippen molar-refractivity contribution in [3.63, 3.8) is 0 Å². The fourth-order valence-electron chi connectivity index (χ4n) is 3.77. The quantitative estimate of drug-likeness (QED) is 0.457. The fourth-order valence-corrected chi connectivity index (χ4v) is 5.56. The van der Waals surface area contributed by atoms with E-state index in [0.717, 1.165) is 15.9 Å². The van der Waals surface area contributed by atoms with E-state index < -0.39 is 22.6 Å². The first kappa shape index (κ1) is 20.6.